The molecule has 0 aliphatic heterocycles. The average Bonchev–Trinajstić information content (AvgIpc) is 2.42. The van der Waals surface area contributed by atoms with Gasteiger partial charge in [-0.1, -0.05) is 0 Å². The Hall–Kier alpha value is -1.74. The Morgan fingerprint density at radius 3 is 2.80 bits per heavy atom. The van der Waals surface area contributed by atoms with Crippen LogP contribution in [0.15, 0.2) is 39.1 Å². The van der Waals surface area contributed by atoms with Crippen LogP contribution >= 0.6 is 27.7 Å². The molecule has 0 saturated carbocycles. The minimum absolute atomic E-state index is 0.138. The largest absolute Gasteiger partial charge is 0.354 e. The predicted octanol–water partition coefficient (Wildman–Crippen LogP) is 3.13. The zero-order valence-electron chi connectivity index (χ0n) is 10.4. The number of pyridine rings is 1. The molecular formula is C11H10BrN5O2S. The van der Waals surface area contributed by atoms with Gasteiger partial charge < -0.3 is 5.32 Å². The minimum Gasteiger partial charge on any atom is -0.354 e. The summed E-state index contributed by atoms with van der Waals surface area (Å²) >= 11 is 4.41. The number of aromatic nitrogens is 3. The Morgan fingerprint density at radius 1 is 1.40 bits per heavy atom. The maximum absolute atomic E-state index is 11.0. The number of nitro groups is 1. The summed E-state index contributed by atoms with van der Waals surface area (Å²) in [6, 6.07) is 3.57. The fraction of sp³-hybridized carbons (Fsp3) is 0.182. The molecule has 0 aliphatic carbocycles. The molecule has 7 nitrogen and oxygen atoms in total. The number of nitrogens with one attached hydrogen (secondary N) is 1. The Morgan fingerprint density at radius 2 is 2.20 bits per heavy atom. The summed E-state index contributed by atoms with van der Waals surface area (Å²) in [5, 5.41) is 14.8. The van der Waals surface area contributed by atoms with E-state index in [1.54, 1.807) is 12.3 Å². The molecule has 0 aliphatic rings. The van der Waals surface area contributed by atoms with Crippen molar-refractivity contribution in [3.05, 3.63) is 39.1 Å². The van der Waals surface area contributed by atoms with Crippen molar-refractivity contribution in [3.63, 3.8) is 0 Å². The van der Waals surface area contributed by atoms with Crippen LogP contribution in [-0.2, 0) is 0 Å². The maximum atomic E-state index is 11.0. The van der Waals surface area contributed by atoms with Gasteiger partial charge in [-0.2, -0.15) is 4.98 Å². The second kappa shape index (κ2) is 6.62. The fourth-order valence-corrected chi connectivity index (χ4v) is 2.36. The molecule has 0 saturated heterocycles. The first-order valence-corrected chi connectivity index (χ1v) is 7.25. The first-order valence-electron chi connectivity index (χ1n) is 5.65. The van der Waals surface area contributed by atoms with Crippen LogP contribution in [0, 0.1) is 10.1 Å². The third-order valence-electron chi connectivity index (χ3n) is 2.17. The second-order valence-electron chi connectivity index (χ2n) is 3.59. The summed E-state index contributed by atoms with van der Waals surface area (Å²) in [4.78, 5) is 22.7. The first-order chi connectivity index (χ1) is 9.60. The molecule has 0 unspecified atom stereocenters. The molecular weight excluding hydrogens is 346 g/mol. The van der Waals surface area contributed by atoms with E-state index in [0.717, 1.165) is 16.2 Å². The fourth-order valence-electron chi connectivity index (χ4n) is 1.33. The van der Waals surface area contributed by atoms with Gasteiger partial charge in [0, 0.05) is 17.2 Å². The molecule has 2 aromatic rings. The van der Waals surface area contributed by atoms with Crippen LogP contribution in [0.3, 0.4) is 0 Å². The SMILES string of the molecule is CCNc1ncc([N+](=O)[O-])c(Sc2ccc(Br)cn2)n1. The zero-order valence-corrected chi connectivity index (χ0v) is 12.8. The van der Waals surface area contributed by atoms with Gasteiger partial charge in [0.15, 0.2) is 5.03 Å². The highest BCUT2D eigenvalue weighted by molar-refractivity contribution is 9.10. The molecule has 1 N–H and O–H groups in total. The zero-order chi connectivity index (χ0) is 14.5. The van der Waals surface area contributed by atoms with E-state index < -0.39 is 4.92 Å². The van der Waals surface area contributed by atoms with Crippen LogP contribution in [0.5, 0.6) is 0 Å². The van der Waals surface area contributed by atoms with Gasteiger partial charge in [-0.05, 0) is 46.7 Å². The molecule has 0 amide bonds. The topological polar surface area (TPSA) is 93.8 Å². The lowest BCUT2D eigenvalue weighted by atomic mass is 10.5. The minimum atomic E-state index is -0.503. The molecule has 0 atom stereocenters. The standard InChI is InChI=1S/C11H10BrN5O2S/c1-2-13-11-15-6-8(17(18)19)10(16-11)20-9-4-3-7(12)5-14-9/h3-6H,2H2,1H3,(H,13,15,16). The van der Waals surface area contributed by atoms with E-state index in [1.165, 1.54) is 6.20 Å². The molecule has 0 aromatic carbocycles. The van der Waals surface area contributed by atoms with E-state index >= 15 is 0 Å². The third kappa shape index (κ3) is 3.64. The summed E-state index contributed by atoms with van der Waals surface area (Å²) in [5.74, 6) is 0.359. The van der Waals surface area contributed by atoms with Crippen LogP contribution in [0.2, 0.25) is 0 Å². The quantitative estimate of drug-likeness (QED) is 0.500. The smallest absolute Gasteiger partial charge is 0.320 e. The van der Waals surface area contributed by atoms with Gasteiger partial charge in [0.25, 0.3) is 0 Å². The number of nitrogens with zero attached hydrogens (tertiary/aromatic N) is 4. The van der Waals surface area contributed by atoms with Gasteiger partial charge in [-0.15, -0.1) is 0 Å². The van der Waals surface area contributed by atoms with Gasteiger partial charge in [0.05, 0.1) is 4.92 Å². The van der Waals surface area contributed by atoms with Gasteiger partial charge in [-0.25, -0.2) is 9.97 Å². The lowest BCUT2D eigenvalue weighted by molar-refractivity contribution is -0.388. The molecule has 104 valence electrons. The van der Waals surface area contributed by atoms with Crippen LogP contribution < -0.4 is 5.32 Å². The Labute approximate surface area is 127 Å². The van der Waals surface area contributed by atoms with Crippen molar-refractivity contribution in [3.8, 4) is 0 Å². The van der Waals surface area contributed by atoms with Crippen LogP contribution in [0.25, 0.3) is 0 Å². The molecule has 20 heavy (non-hydrogen) atoms. The van der Waals surface area contributed by atoms with Crippen molar-refractivity contribution < 1.29 is 4.92 Å². The van der Waals surface area contributed by atoms with E-state index in [1.807, 2.05) is 13.0 Å². The second-order valence-corrected chi connectivity index (χ2v) is 5.51. The lowest BCUT2D eigenvalue weighted by Gasteiger charge is -2.05. The summed E-state index contributed by atoms with van der Waals surface area (Å²) in [5.41, 5.74) is -0.138. The van der Waals surface area contributed by atoms with Gasteiger partial charge in [-0.3, -0.25) is 10.1 Å². The lowest BCUT2D eigenvalue weighted by Crippen LogP contribution is -2.04. The van der Waals surface area contributed by atoms with E-state index in [2.05, 4.69) is 36.2 Å². The molecule has 2 aromatic heterocycles. The van der Waals surface area contributed by atoms with Gasteiger partial charge in [0.2, 0.25) is 5.95 Å². The average molecular weight is 356 g/mol. The molecule has 0 bridgehead atoms. The number of halogens is 1. The number of hydrogen-bond donors (Lipinski definition) is 1. The van der Waals surface area contributed by atoms with E-state index in [9.17, 15) is 10.1 Å². The molecule has 0 spiro atoms. The number of hydrogen-bond acceptors (Lipinski definition) is 7. The Balaban J connectivity index is 2.34. The van der Waals surface area contributed by atoms with Crippen LogP contribution in [-0.4, -0.2) is 26.4 Å². The highest BCUT2D eigenvalue weighted by atomic mass is 79.9. The highest BCUT2D eigenvalue weighted by Crippen LogP contribution is 2.32. The van der Waals surface area contributed by atoms with E-state index in [0.29, 0.717) is 17.5 Å². The maximum Gasteiger partial charge on any atom is 0.320 e. The number of anilines is 1. The third-order valence-corrected chi connectivity index (χ3v) is 3.58. The first kappa shape index (κ1) is 14.7. The summed E-state index contributed by atoms with van der Waals surface area (Å²) in [6.45, 7) is 2.53. The monoisotopic (exact) mass is 355 g/mol. The Kier molecular flexibility index (Phi) is 4.85. The van der Waals surface area contributed by atoms with Crippen molar-refractivity contribution in [2.24, 2.45) is 0 Å². The molecule has 0 fully saturated rings. The van der Waals surface area contributed by atoms with Crippen molar-refractivity contribution in [1.82, 2.24) is 15.0 Å². The number of rotatable bonds is 5. The van der Waals surface area contributed by atoms with Crippen molar-refractivity contribution in [1.29, 1.82) is 0 Å². The van der Waals surface area contributed by atoms with Crippen LogP contribution in [0.1, 0.15) is 6.92 Å². The summed E-state index contributed by atoms with van der Waals surface area (Å²) in [6.07, 6.45) is 2.83. The van der Waals surface area contributed by atoms with Gasteiger partial charge in [0.1, 0.15) is 11.2 Å². The Bertz CT molecular complexity index is 623. The van der Waals surface area contributed by atoms with Crippen molar-refractivity contribution >= 4 is 39.3 Å². The highest BCUT2D eigenvalue weighted by Gasteiger charge is 2.18. The van der Waals surface area contributed by atoms with Crippen LogP contribution in [0.4, 0.5) is 11.6 Å². The van der Waals surface area contributed by atoms with Crippen molar-refractivity contribution in [2.75, 3.05) is 11.9 Å². The molecule has 2 rings (SSSR count). The summed E-state index contributed by atoms with van der Waals surface area (Å²) in [7, 11) is 0. The normalized spacial score (nSPS) is 10.3. The molecule has 9 heteroatoms. The van der Waals surface area contributed by atoms with E-state index in [4.69, 9.17) is 0 Å². The summed E-state index contributed by atoms with van der Waals surface area (Å²) < 4.78 is 0.840. The molecule has 0 radical (unpaired) electrons. The van der Waals surface area contributed by atoms with E-state index in [-0.39, 0.29) is 10.7 Å². The van der Waals surface area contributed by atoms with Gasteiger partial charge >= 0.3 is 5.69 Å². The molecule has 2 heterocycles. The predicted molar refractivity (Wildman–Crippen MR) is 78.9 cm³/mol. The van der Waals surface area contributed by atoms with Crippen molar-refractivity contribution in [2.45, 2.75) is 17.0 Å².